The second-order valence-electron chi connectivity index (χ2n) is 8.79. The largest absolute Gasteiger partial charge is 0.507 e. The number of allylic oxidation sites excluding steroid dienone is 2. The van der Waals surface area contributed by atoms with Crippen molar-refractivity contribution in [1.29, 1.82) is 0 Å². The summed E-state index contributed by atoms with van der Waals surface area (Å²) in [7, 11) is 0. The summed E-state index contributed by atoms with van der Waals surface area (Å²) < 4.78 is 5.41. The van der Waals surface area contributed by atoms with Crippen molar-refractivity contribution in [3.05, 3.63) is 59.2 Å². The molecule has 6 heteroatoms. The summed E-state index contributed by atoms with van der Waals surface area (Å²) in [5.41, 5.74) is 2.76. The van der Waals surface area contributed by atoms with Gasteiger partial charge in [-0.15, -0.1) is 0 Å². The highest BCUT2D eigenvalue weighted by Gasteiger charge is 2.33. The highest BCUT2D eigenvalue weighted by Crippen LogP contribution is 2.46. The Bertz CT molecular complexity index is 923. The number of rotatable bonds is 9. The van der Waals surface area contributed by atoms with Gasteiger partial charge in [0.15, 0.2) is 0 Å². The Morgan fingerprint density at radius 1 is 1.25 bits per heavy atom. The van der Waals surface area contributed by atoms with E-state index in [0.717, 1.165) is 36.8 Å². The van der Waals surface area contributed by atoms with E-state index in [1.807, 2.05) is 6.92 Å². The first kappa shape index (κ1) is 23.6. The highest BCUT2D eigenvalue weighted by atomic mass is 16.5. The van der Waals surface area contributed by atoms with Gasteiger partial charge in [-0.1, -0.05) is 44.1 Å². The van der Waals surface area contributed by atoms with E-state index in [9.17, 15) is 19.8 Å². The Kier molecular flexibility index (Phi) is 7.78. The van der Waals surface area contributed by atoms with Gasteiger partial charge in [-0.05, 0) is 56.2 Å². The Hall–Kier alpha value is -3.02. The van der Waals surface area contributed by atoms with Crippen LogP contribution in [0.3, 0.4) is 0 Å². The van der Waals surface area contributed by atoms with Crippen molar-refractivity contribution in [2.75, 3.05) is 6.61 Å². The number of amides is 1. The van der Waals surface area contributed by atoms with Gasteiger partial charge in [0.2, 0.25) is 5.91 Å². The van der Waals surface area contributed by atoms with Gasteiger partial charge in [-0.3, -0.25) is 4.79 Å². The van der Waals surface area contributed by atoms with E-state index in [0.29, 0.717) is 24.0 Å². The molecule has 0 saturated carbocycles. The third-order valence-corrected chi connectivity index (χ3v) is 6.23. The Balaban J connectivity index is 1.81. The number of hydrogen-bond acceptors (Lipinski definition) is 5. The van der Waals surface area contributed by atoms with E-state index in [-0.39, 0.29) is 41.9 Å². The number of aromatic hydroxyl groups is 2. The molecule has 1 amide bonds. The van der Waals surface area contributed by atoms with Gasteiger partial charge >= 0.3 is 5.97 Å². The maximum atomic E-state index is 12.7. The second kappa shape index (κ2) is 10.5. The molecule has 0 spiro atoms. The molecule has 3 N–H and O–H groups in total. The van der Waals surface area contributed by atoms with Crippen LogP contribution in [-0.2, 0) is 20.7 Å². The monoisotopic (exact) mass is 439 g/mol. The lowest BCUT2D eigenvalue weighted by Crippen LogP contribution is -2.32. The van der Waals surface area contributed by atoms with Gasteiger partial charge in [0.25, 0.3) is 0 Å². The molecule has 0 fully saturated rings. The van der Waals surface area contributed by atoms with Crippen LogP contribution in [0.15, 0.2) is 48.1 Å². The standard InChI is InChI=1S/C26H33NO5/c1-4-5-6-7-17-12-22(28)25(23(29)13-17)21-14-18(8-10-20(21)16(2)3)26(31)32-15-19-9-11-24(30)27-19/h9,11-14,19-21,28-29H,2,4-8,10,15H2,1,3H3,(H,27,30)/t19?,20-,21+/m0/s1. The van der Waals surface area contributed by atoms with Crippen molar-refractivity contribution in [3.8, 4) is 11.5 Å². The van der Waals surface area contributed by atoms with Gasteiger partial charge in [0.1, 0.15) is 18.1 Å². The maximum absolute atomic E-state index is 12.7. The van der Waals surface area contributed by atoms with E-state index in [4.69, 9.17) is 4.74 Å². The second-order valence-corrected chi connectivity index (χ2v) is 8.79. The molecule has 6 nitrogen and oxygen atoms in total. The summed E-state index contributed by atoms with van der Waals surface area (Å²) in [4.78, 5) is 23.9. The smallest absolute Gasteiger partial charge is 0.333 e. The summed E-state index contributed by atoms with van der Waals surface area (Å²) in [5.74, 6) is -0.947. The minimum atomic E-state index is -0.445. The predicted molar refractivity (Wildman–Crippen MR) is 123 cm³/mol. The molecule has 1 aromatic rings. The molecular formula is C26H33NO5. The van der Waals surface area contributed by atoms with E-state index >= 15 is 0 Å². The van der Waals surface area contributed by atoms with Crippen LogP contribution in [0.4, 0.5) is 0 Å². The van der Waals surface area contributed by atoms with Crippen molar-refractivity contribution in [2.24, 2.45) is 5.92 Å². The zero-order valence-electron chi connectivity index (χ0n) is 18.9. The lowest BCUT2D eigenvalue weighted by atomic mass is 9.73. The minimum Gasteiger partial charge on any atom is -0.507 e. The summed E-state index contributed by atoms with van der Waals surface area (Å²) in [6.45, 7) is 8.22. The van der Waals surface area contributed by atoms with Crippen LogP contribution in [0.1, 0.15) is 63.0 Å². The van der Waals surface area contributed by atoms with Crippen LogP contribution in [0, 0.1) is 5.92 Å². The number of phenols is 2. The summed E-state index contributed by atoms with van der Waals surface area (Å²) in [6.07, 6.45) is 10.1. The number of nitrogens with one attached hydrogen (secondary N) is 1. The van der Waals surface area contributed by atoms with Gasteiger partial charge in [0, 0.05) is 23.1 Å². The fourth-order valence-corrected chi connectivity index (χ4v) is 4.50. The quantitative estimate of drug-likeness (QED) is 0.301. The first-order valence-electron chi connectivity index (χ1n) is 11.4. The fraction of sp³-hybridized carbons (Fsp3) is 0.462. The third kappa shape index (κ3) is 5.61. The summed E-state index contributed by atoms with van der Waals surface area (Å²) >= 11 is 0. The first-order chi connectivity index (χ1) is 15.3. The number of ether oxygens (including phenoxy) is 1. The first-order valence-corrected chi connectivity index (χ1v) is 11.4. The van der Waals surface area contributed by atoms with Crippen LogP contribution in [0.2, 0.25) is 0 Å². The van der Waals surface area contributed by atoms with E-state index in [2.05, 4.69) is 18.8 Å². The molecule has 1 aromatic carbocycles. The van der Waals surface area contributed by atoms with Crippen LogP contribution < -0.4 is 5.32 Å². The Morgan fingerprint density at radius 3 is 2.56 bits per heavy atom. The zero-order valence-corrected chi connectivity index (χ0v) is 18.9. The van der Waals surface area contributed by atoms with Crippen molar-refractivity contribution in [2.45, 2.75) is 64.3 Å². The number of carbonyl (C=O) groups is 2. The summed E-state index contributed by atoms with van der Waals surface area (Å²) in [6, 6.07) is 3.12. The Labute approximate surface area is 189 Å². The number of carbonyl (C=O) groups excluding carboxylic acids is 2. The van der Waals surface area contributed by atoms with E-state index in [1.165, 1.54) is 6.08 Å². The average Bonchev–Trinajstić information content (AvgIpc) is 3.16. The van der Waals surface area contributed by atoms with Gasteiger partial charge in [-0.2, -0.15) is 0 Å². The zero-order chi connectivity index (χ0) is 23.3. The molecule has 2 aliphatic rings. The van der Waals surface area contributed by atoms with Gasteiger partial charge < -0.3 is 20.3 Å². The molecule has 3 atom stereocenters. The number of hydrogen-bond donors (Lipinski definition) is 3. The number of unbranched alkanes of at least 4 members (excludes halogenated alkanes) is 2. The molecule has 3 rings (SSSR count). The van der Waals surface area contributed by atoms with E-state index < -0.39 is 5.97 Å². The van der Waals surface area contributed by atoms with Gasteiger partial charge in [-0.25, -0.2) is 4.79 Å². The predicted octanol–water partition coefficient (Wildman–Crippen LogP) is 4.42. The molecule has 0 saturated heterocycles. The number of benzene rings is 1. The van der Waals surface area contributed by atoms with Crippen LogP contribution in [0.5, 0.6) is 11.5 Å². The third-order valence-electron chi connectivity index (χ3n) is 6.23. The van der Waals surface area contributed by atoms with Crippen LogP contribution >= 0.6 is 0 Å². The molecule has 1 unspecified atom stereocenters. The maximum Gasteiger partial charge on any atom is 0.333 e. The molecule has 1 aliphatic carbocycles. The molecular weight excluding hydrogens is 406 g/mol. The molecule has 1 aliphatic heterocycles. The molecule has 172 valence electrons. The SMILES string of the molecule is C=C(C)[C@@H]1CCC(C(=O)OCC2C=CC(=O)N2)=C[C@H]1c1c(O)cc(CCCCC)cc1O. The number of esters is 1. The number of phenolic OH excluding ortho intramolecular Hbond substituents is 2. The molecule has 1 heterocycles. The van der Waals surface area contributed by atoms with Crippen molar-refractivity contribution in [1.82, 2.24) is 5.32 Å². The topological polar surface area (TPSA) is 95.9 Å². The van der Waals surface area contributed by atoms with Crippen molar-refractivity contribution in [3.63, 3.8) is 0 Å². The molecule has 0 bridgehead atoms. The molecule has 0 radical (unpaired) electrons. The molecule has 0 aromatic heterocycles. The van der Waals surface area contributed by atoms with Crippen molar-refractivity contribution >= 4 is 11.9 Å². The van der Waals surface area contributed by atoms with Gasteiger partial charge in [0.05, 0.1) is 6.04 Å². The number of aryl methyl sites for hydroxylation is 1. The average molecular weight is 440 g/mol. The lowest BCUT2D eigenvalue weighted by molar-refractivity contribution is -0.140. The fourth-order valence-electron chi connectivity index (χ4n) is 4.50. The summed E-state index contributed by atoms with van der Waals surface area (Å²) in [5, 5.41) is 24.3. The van der Waals surface area contributed by atoms with Crippen molar-refractivity contribution < 1.29 is 24.5 Å². The normalized spacial score (nSPS) is 22.4. The van der Waals surface area contributed by atoms with Crippen LogP contribution in [0.25, 0.3) is 0 Å². The van der Waals surface area contributed by atoms with E-state index in [1.54, 1.807) is 24.3 Å². The Morgan fingerprint density at radius 2 is 1.97 bits per heavy atom. The lowest BCUT2D eigenvalue weighted by Gasteiger charge is -2.31. The minimum absolute atomic E-state index is 0.00801. The molecule has 32 heavy (non-hydrogen) atoms. The highest BCUT2D eigenvalue weighted by molar-refractivity contribution is 5.91. The van der Waals surface area contributed by atoms with Crippen LogP contribution in [-0.4, -0.2) is 34.7 Å².